The van der Waals surface area contributed by atoms with E-state index in [1.165, 1.54) is 6.92 Å². The summed E-state index contributed by atoms with van der Waals surface area (Å²) >= 11 is 0. The summed E-state index contributed by atoms with van der Waals surface area (Å²) in [5, 5.41) is 6.39. The molecule has 1 fully saturated rings. The van der Waals surface area contributed by atoms with Crippen molar-refractivity contribution in [1.29, 1.82) is 0 Å². The number of hydrogen-bond acceptors (Lipinski definition) is 6. The number of carbonyl (C=O) groups excluding carboxylic acids is 2. The highest BCUT2D eigenvalue weighted by Gasteiger charge is 2.40. The largest absolute Gasteiger partial charge is 0.362 e. The van der Waals surface area contributed by atoms with Crippen molar-refractivity contribution in [3.63, 3.8) is 0 Å². The fourth-order valence-corrected chi connectivity index (χ4v) is 2.04. The van der Waals surface area contributed by atoms with Crippen LogP contribution >= 0.6 is 0 Å². The lowest BCUT2D eigenvalue weighted by atomic mass is 10.0. The molecule has 0 bridgehead atoms. The van der Waals surface area contributed by atoms with Crippen LogP contribution in [0.25, 0.3) is 0 Å². The van der Waals surface area contributed by atoms with Gasteiger partial charge in [-0.15, -0.1) is 0 Å². The molecule has 8 nitrogen and oxygen atoms in total. The summed E-state index contributed by atoms with van der Waals surface area (Å²) in [4.78, 5) is 29.2. The third-order valence-corrected chi connectivity index (χ3v) is 3.18. The Hall–Kier alpha value is -1.96. The van der Waals surface area contributed by atoms with Gasteiger partial charge in [-0.1, -0.05) is 5.16 Å². The van der Waals surface area contributed by atoms with Gasteiger partial charge in [-0.25, -0.2) is 0 Å². The SMILES string of the molecule is CC(=O)N1CCOC(C)(C(=O)NCc2noc(C)n2)C1. The van der Waals surface area contributed by atoms with E-state index in [1.807, 2.05) is 0 Å². The van der Waals surface area contributed by atoms with E-state index < -0.39 is 5.60 Å². The zero-order valence-corrected chi connectivity index (χ0v) is 11.8. The number of carbonyl (C=O) groups is 2. The molecular weight excluding hydrogens is 264 g/mol. The van der Waals surface area contributed by atoms with Crippen molar-refractivity contribution in [1.82, 2.24) is 20.4 Å². The van der Waals surface area contributed by atoms with E-state index >= 15 is 0 Å². The van der Waals surface area contributed by atoms with Gasteiger partial charge in [-0.2, -0.15) is 4.98 Å². The molecule has 0 aliphatic carbocycles. The van der Waals surface area contributed by atoms with Crippen LogP contribution in [-0.4, -0.2) is 52.2 Å². The molecule has 1 aromatic rings. The molecule has 2 amide bonds. The number of nitrogens with zero attached hydrogens (tertiary/aromatic N) is 3. The Kier molecular flexibility index (Phi) is 4.03. The third-order valence-electron chi connectivity index (χ3n) is 3.18. The molecule has 2 heterocycles. The predicted molar refractivity (Wildman–Crippen MR) is 67.5 cm³/mol. The first-order chi connectivity index (χ1) is 9.40. The molecule has 1 aliphatic heterocycles. The number of morpholine rings is 1. The summed E-state index contributed by atoms with van der Waals surface area (Å²) in [7, 11) is 0. The maximum atomic E-state index is 12.2. The summed E-state index contributed by atoms with van der Waals surface area (Å²) in [6.45, 7) is 6.06. The van der Waals surface area contributed by atoms with Crippen molar-refractivity contribution >= 4 is 11.8 Å². The quantitative estimate of drug-likeness (QED) is 0.812. The van der Waals surface area contributed by atoms with E-state index in [-0.39, 0.29) is 24.9 Å². The van der Waals surface area contributed by atoms with Gasteiger partial charge in [0.2, 0.25) is 11.8 Å². The highest BCUT2D eigenvalue weighted by molar-refractivity contribution is 5.86. The first kappa shape index (κ1) is 14.4. The van der Waals surface area contributed by atoms with E-state index in [0.29, 0.717) is 24.9 Å². The van der Waals surface area contributed by atoms with Crippen LogP contribution in [0.1, 0.15) is 25.6 Å². The predicted octanol–water partition coefficient (Wildman–Crippen LogP) is -0.368. The number of aromatic nitrogens is 2. The number of aryl methyl sites for hydroxylation is 1. The summed E-state index contributed by atoms with van der Waals surface area (Å²) in [6.07, 6.45) is 0. The summed E-state index contributed by atoms with van der Waals surface area (Å²) < 4.78 is 10.4. The van der Waals surface area contributed by atoms with Gasteiger partial charge in [-0.05, 0) is 6.92 Å². The maximum absolute atomic E-state index is 12.2. The molecule has 8 heteroatoms. The molecule has 110 valence electrons. The standard InChI is InChI=1S/C12H18N4O4/c1-8-14-10(15-20-8)6-13-11(18)12(3)7-16(9(2)17)4-5-19-12/h4-7H2,1-3H3,(H,13,18). The minimum absolute atomic E-state index is 0.0684. The fourth-order valence-electron chi connectivity index (χ4n) is 2.04. The van der Waals surface area contributed by atoms with Crippen LogP contribution in [0.4, 0.5) is 0 Å². The van der Waals surface area contributed by atoms with E-state index in [4.69, 9.17) is 9.26 Å². The van der Waals surface area contributed by atoms with Gasteiger partial charge in [0.05, 0.1) is 19.7 Å². The smallest absolute Gasteiger partial charge is 0.254 e. The normalized spacial score (nSPS) is 22.6. The van der Waals surface area contributed by atoms with Gasteiger partial charge in [-0.3, -0.25) is 9.59 Å². The Morgan fingerprint density at radius 3 is 2.85 bits per heavy atom. The molecule has 0 radical (unpaired) electrons. The molecular formula is C12H18N4O4. The van der Waals surface area contributed by atoms with E-state index in [0.717, 1.165) is 0 Å². The van der Waals surface area contributed by atoms with Gasteiger partial charge in [0.1, 0.15) is 0 Å². The second-order valence-corrected chi connectivity index (χ2v) is 4.93. The maximum Gasteiger partial charge on any atom is 0.254 e. The Morgan fingerprint density at radius 2 is 2.25 bits per heavy atom. The summed E-state index contributed by atoms with van der Waals surface area (Å²) in [5.74, 6) is 0.475. The zero-order chi connectivity index (χ0) is 14.8. The minimum atomic E-state index is -1.05. The van der Waals surface area contributed by atoms with Crippen LogP contribution in [0, 0.1) is 6.92 Å². The first-order valence-corrected chi connectivity index (χ1v) is 6.38. The monoisotopic (exact) mass is 282 g/mol. The second kappa shape index (κ2) is 5.58. The second-order valence-electron chi connectivity index (χ2n) is 4.93. The van der Waals surface area contributed by atoms with Crippen molar-refractivity contribution in [2.75, 3.05) is 19.7 Å². The van der Waals surface area contributed by atoms with Gasteiger partial charge in [0.25, 0.3) is 5.91 Å². The lowest BCUT2D eigenvalue weighted by Gasteiger charge is -2.38. The Labute approximate surface area is 116 Å². The Balaban J connectivity index is 1.94. The minimum Gasteiger partial charge on any atom is -0.362 e. The van der Waals surface area contributed by atoms with Crippen molar-refractivity contribution in [3.8, 4) is 0 Å². The number of ether oxygens (including phenoxy) is 1. The molecule has 0 saturated carbocycles. The average Bonchev–Trinajstić information content (AvgIpc) is 2.81. The molecule has 1 aliphatic rings. The summed E-state index contributed by atoms with van der Waals surface area (Å²) in [5.41, 5.74) is -1.05. The molecule has 1 atom stereocenters. The molecule has 20 heavy (non-hydrogen) atoms. The van der Waals surface area contributed by atoms with Crippen LogP contribution in [0.2, 0.25) is 0 Å². The van der Waals surface area contributed by atoms with E-state index in [9.17, 15) is 9.59 Å². The molecule has 1 unspecified atom stereocenters. The fraction of sp³-hybridized carbons (Fsp3) is 0.667. The lowest BCUT2D eigenvalue weighted by Crippen LogP contribution is -2.58. The van der Waals surface area contributed by atoms with Crippen molar-refractivity contribution < 1.29 is 18.8 Å². The highest BCUT2D eigenvalue weighted by Crippen LogP contribution is 2.18. The molecule has 1 N–H and O–H groups in total. The van der Waals surface area contributed by atoms with Crippen LogP contribution in [0.3, 0.4) is 0 Å². The number of amides is 2. The van der Waals surface area contributed by atoms with Crippen LogP contribution < -0.4 is 5.32 Å². The van der Waals surface area contributed by atoms with Crippen molar-refractivity contribution in [2.45, 2.75) is 32.9 Å². The summed E-state index contributed by atoms with van der Waals surface area (Å²) in [6, 6.07) is 0. The van der Waals surface area contributed by atoms with E-state index in [1.54, 1.807) is 18.7 Å². The Morgan fingerprint density at radius 1 is 1.50 bits per heavy atom. The molecule has 2 rings (SSSR count). The van der Waals surface area contributed by atoms with Gasteiger partial charge < -0.3 is 19.5 Å². The number of nitrogens with one attached hydrogen (secondary N) is 1. The molecule has 0 aromatic carbocycles. The molecule has 0 spiro atoms. The number of rotatable bonds is 3. The topological polar surface area (TPSA) is 97.6 Å². The average molecular weight is 282 g/mol. The molecule has 1 aromatic heterocycles. The van der Waals surface area contributed by atoms with Gasteiger partial charge >= 0.3 is 0 Å². The first-order valence-electron chi connectivity index (χ1n) is 6.38. The van der Waals surface area contributed by atoms with E-state index in [2.05, 4.69) is 15.5 Å². The van der Waals surface area contributed by atoms with Crippen LogP contribution in [0.5, 0.6) is 0 Å². The van der Waals surface area contributed by atoms with Gasteiger partial charge in [0, 0.05) is 20.4 Å². The van der Waals surface area contributed by atoms with Crippen molar-refractivity contribution in [3.05, 3.63) is 11.7 Å². The zero-order valence-electron chi connectivity index (χ0n) is 11.8. The number of hydrogen-bond donors (Lipinski definition) is 1. The highest BCUT2D eigenvalue weighted by atomic mass is 16.5. The van der Waals surface area contributed by atoms with Crippen LogP contribution in [0.15, 0.2) is 4.52 Å². The lowest BCUT2D eigenvalue weighted by molar-refractivity contribution is -0.162. The van der Waals surface area contributed by atoms with Gasteiger partial charge in [0.15, 0.2) is 11.4 Å². The Bertz CT molecular complexity index is 515. The third kappa shape index (κ3) is 3.13. The molecule has 1 saturated heterocycles. The van der Waals surface area contributed by atoms with Crippen LogP contribution in [-0.2, 0) is 20.9 Å². The van der Waals surface area contributed by atoms with Crippen molar-refractivity contribution in [2.24, 2.45) is 0 Å².